The second-order valence-electron chi connectivity index (χ2n) is 8.88. The SMILES string of the molecule is CC(Nc1nc(C#N)nc2nc(-c3cc(Cl)ccn3)n(Cc3ccc(C(F)(F)F)cc3)c12)C1CCC1. The summed E-state index contributed by atoms with van der Waals surface area (Å²) < 4.78 is 41.1. The molecule has 5 rings (SSSR count). The number of alkyl halides is 3. The molecule has 1 atom stereocenters. The molecule has 0 radical (unpaired) electrons. The van der Waals surface area contributed by atoms with Gasteiger partial charge >= 0.3 is 6.18 Å². The summed E-state index contributed by atoms with van der Waals surface area (Å²) in [7, 11) is 0. The van der Waals surface area contributed by atoms with E-state index in [1.807, 2.05) is 6.07 Å². The van der Waals surface area contributed by atoms with E-state index in [0.29, 0.717) is 39.4 Å². The molecule has 0 spiro atoms. The van der Waals surface area contributed by atoms with E-state index < -0.39 is 11.7 Å². The average molecular weight is 512 g/mol. The van der Waals surface area contributed by atoms with Crippen molar-refractivity contribution in [3.05, 3.63) is 64.6 Å². The number of hydrogen-bond acceptors (Lipinski definition) is 6. The van der Waals surface area contributed by atoms with Gasteiger partial charge in [-0.25, -0.2) is 4.98 Å². The first-order valence-corrected chi connectivity index (χ1v) is 11.8. The summed E-state index contributed by atoms with van der Waals surface area (Å²) in [5, 5.41) is 13.4. The first kappa shape index (κ1) is 24.0. The van der Waals surface area contributed by atoms with Gasteiger partial charge in [-0.05, 0) is 55.5 Å². The maximum Gasteiger partial charge on any atom is 0.416 e. The number of fused-ring (bicyclic) bond motifs is 1. The van der Waals surface area contributed by atoms with Crippen LogP contribution in [-0.4, -0.2) is 30.5 Å². The molecular formula is C25H21ClF3N7. The Morgan fingerprint density at radius 1 is 1.17 bits per heavy atom. The zero-order valence-corrected chi connectivity index (χ0v) is 20.0. The monoisotopic (exact) mass is 511 g/mol. The molecular weight excluding hydrogens is 491 g/mol. The number of hydrogen-bond donors (Lipinski definition) is 1. The Bertz CT molecular complexity index is 1450. The van der Waals surface area contributed by atoms with Crippen molar-refractivity contribution >= 4 is 28.6 Å². The van der Waals surface area contributed by atoms with E-state index in [9.17, 15) is 18.4 Å². The molecule has 3 aromatic heterocycles. The van der Waals surface area contributed by atoms with Gasteiger partial charge in [0.2, 0.25) is 5.82 Å². The number of pyridine rings is 1. The Labute approximate surface area is 210 Å². The Morgan fingerprint density at radius 2 is 1.92 bits per heavy atom. The van der Waals surface area contributed by atoms with Crippen LogP contribution in [0.15, 0.2) is 42.6 Å². The van der Waals surface area contributed by atoms with Crippen molar-refractivity contribution in [2.45, 2.75) is 44.9 Å². The van der Waals surface area contributed by atoms with Crippen LogP contribution < -0.4 is 5.32 Å². The summed E-state index contributed by atoms with van der Waals surface area (Å²) in [6.07, 6.45) is 0.512. The largest absolute Gasteiger partial charge is 0.416 e. The van der Waals surface area contributed by atoms with Gasteiger partial charge in [-0.3, -0.25) is 4.98 Å². The molecule has 11 heteroatoms. The lowest BCUT2D eigenvalue weighted by molar-refractivity contribution is -0.137. The van der Waals surface area contributed by atoms with Gasteiger partial charge in [-0.1, -0.05) is 30.2 Å². The van der Waals surface area contributed by atoms with Gasteiger partial charge in [0.1, 0.15) is 17.3 Å². The zero-order valence-electron chi connectivity index (χ0n) is 19.2. The van der Waals surface area contributed by atoms with Crippen molar-refractivity contribution in [2.24, 2.45) is 5.92 Å². The summed E-state index contributed by atoms with van der Waals surface area (Å²) >= 11 is 6.20. The molecule has 1 aliphatic rings. The van der Waals surface area contributed by atoms with Gasteiger partial charge in [0.25, 0.3) is 0 Å². The molecule has 1 saturated carbocycles. The molecule has 1 N–H and O–H groups in total. The number of aromatic nitrogens is 5. The normalized spacial score (nSPS) is 14.9. The van der Waals surface area contributed by atoms with Gasteiger partial charge in [-0.2, -0.15) is 28.4 Å². The summed E-state index contributed by atoms with van der Waals surface area (Å²) in [4.78, 5) is 17.8. The van der Waals surface area contributed by atoms with Crippen LogP contribution in [0.1, 0.15) is 43.1 Å². The summed E-state index contributed by atoms with van der Waals surface area (Å²) in [5.74, 6) is 1.32. The summed E-state index contributed by atoms with van der Waals surface area (Å²) in [6.45, 7) is 2.25. The van der Waals surface area contributed by atoms with Crippen LogP contribution in [0, 0.1) is 17.2 Å². The Kier molecular flexibility index (Phi) is 6.26. The minimum absolute atomic E-state index is 0.0319. The molecule has 3 heterocycles. The van der Waals surface area contributed by atoms with Gasteiger partial charge in [0.15, 0.2) is 17.3 Å². The summed E-state index contributed by atoms with van der Waals surface area (Å²) in [5.41, 5.74) is 1.18. The third kappa shape index (κ3) is 4.71. The molecule has 0 aliphatic heterocycles. The highest BCUT2D eigenvalue weighted by Crippen LogP contribution is 2.34. The average Bonchev–Trinajstić information content (AvgIpc) is 3.16. The molecule has 0 saturated heterocycles. The van der Waals surface area contributed by atoms with Crippen LogP contribution in [0.2, 0.25) is 5.02 Å². The van der Waals surface area contributed by atoms with Crippen LogP contribution in [0.4, 0.5) is 19.0 Å². The van der Waals surface area contributed by atoms with E-state index in [0.717, 1.165) is 25.0 Å². The van der Waals surface area contributed by atoms with E-state index in [1.165, 1.54) is 18.6 Å². The number of imidazole rings is 1. The van der Waals surface area contributed by atoms with Gasteiger partial charge in [0, 0.05) is 23.8 Å². The molecule has 1 unspecified atom stereocenters. The fraction of sp³-hybridized carbons (Fsp3) is 0.320. The number of nitrogens with one attached hydrogen (secondary N) is 1. The van der Waals surface area contributed by atoms with E-state index in [-0.39, 0.29) is 24.1 Å². The van der Waals surface area contributed by atoms with Crippen molar-refractivity contribution < 1.29 is 13.2 Å². The molecule has 1 aliphatic carbocycles. The molecule has 184 valence electrons. The molecule has 1 fully saturated rings. The Morgan fingerprint density at radius 3 is 2.53 bits per heavy atom. The van der Waals surface area contributed by atoms with E-state index in [2.05, 4.69) is 32.2 Å². The van der Waals surface area contributed by atoms with Gasteiger partial charge < -0.3 is 9.88 Å². The van der Waals surface area contributed by atoms with Crippen LogP contribution in [0.25, 0.3) is 22.7 Å². The van der Waals surface area contributed by atoms with Crippen LogP contribution in [-0.2, 0) is 12.7 Å². The lowest BCUT2D eigenvalue weighted by Crippen LogP contribution is -2.31. The van der Waals surface area contributed by atoms with Gasteiger partial charge in [-0.15, -0.1) is 0 Å². The minimum atomic E-state index is -4.42. The summed E-state index contributed by atoms with van der Waals surface area (Å²) in [6, 6.07) is 10.3. The van der Waals surface area contributed by atoms with Crippen LogP contribution >= 0.6 is 11.6 Å². The van der Waals surface area contributed by atoms with E-state index in [1.54, 1.807) is 22.9 Å². The van der Waals surface area contributed by atoms with Crippen molar-refractivity contribution in [2.75, 3.05) is 5.32 Å². The predicted octanol–water partition coefficient (Wildman–Crippen LogP) is 6.08. The number of benzene rings is 1. The fourth-order valence-corrected chi connectivity index (χ4v) is 4.48. The predicted molar refractivity (Wildman–Crippen MR) is 129 cm³/mol. The molecule has 0 amide bonds. The highest BCUT2D eigenvalue weighted by molar-refractivity contribution is 6.30. The second kappa shape index (κ2) is 9.39. The fourth-order valence-electron chi connectivity index (χ4n) is 4.32. The Balaban J connectivity index is 1.66. The van der Waals surface area contributed by atoms with Crippen LogP contribution in [0.3, 0.4) is 0 Å². The quantitative estimate of drug-likeness (QED) is 0.337. The number of anilines is 1. The Hall–Kier alpha value is -3.71. The van der Waals surface area contributed by atoms with Gasteiger partial charge in [0.05, 0.1) is 5.56 Å². The molecule has 1 aromatic carbocycles. The smallest absolute Gasteiger partial charge is 0.365 e. The number of nitrogens with zero attached hydrogens (tertiary/aromatic N) is 6. The zero-order chi connectivity index (χ0) is 25.4. The molecule has 4 aromatic rings. The maximum absolute atomic E-state index is 13.1. The third-order valence-electron chi connectivity index (χ3n) is 6.50. The molecule has 36 heavy (non-hydrogen) atoms. The first-order chi connectivity index (χ1) is 17.2. The second-order valence-corrected chi connectivity index (χ2v) is 9.32. The van der Waals surface area contributed by atoms with E-state index >= 15 is 0 Å². The standard InChI is InChI=1S/C25H21ClF3N7/c1-14(16-3-2-4-16)32-22-21-23(34-20(12-30)33-22)35-24(19-11-18(26)9-10-31-19)36(21)13-15-5-7-17(8-6-15)25(27,28)29/h5-11,14,16H,2-4,13H2,1H3,(H,32,33,34). The van der Waals surface area contributed by atoms with Crippen molar-refractivity contribution in [1.82, 2.24) is 24.5 Å². The number of rotatable bonds is 6. The highest BCUT2D eigenvalue weighted by Gasteiger charge is 2.30. The number of halogens is 4. The van der Waals surface area contributed by atoms with Crippen LogP contribution in [0.5, 0.6) is 0 Å². The first-order valence-electron chi connectivity index (χ1n) is 11.5. The lowest BCUT2D eigenvalue weighted by atomic mass is 9.80. The minimum Gasteiger partial charge on any atom is -0.365 e. The number of nitriles is 1. The highest BCUT2D eigenvalue weighted by atomic mass is 35.5. The van der Waals surface area contributed by atoms with Crippen molar-refractivity contribution in [1.29, 1.82) is 5.26 Å². The van der Waals surface area contributed by atoms with Crippen molar-refractivity contribution in [3.8, 4) is 17.6 Å². The van der Waals surface area contributed by atoms with E-state index in [4.69, 9.17) is 11.6 Å². The maximum atomic E-state index is 13.1. The molecule has 7 nitrogen and oxygen atoms in total. The molecule has 0 bridgehead atoms. The third-order valence-corrected chi connectivity index (χ3v) is 6.73. The lowest BCUT2D eigenvalue weighted by Gasteiger charge is -2.32. The van der Waals surface area contributed by atoms with Crippen molar-refractivity contribution in [3.63, 3.8) is 0 Å². The topological polar surface area (TPSA) is 92.3 Å².